The molecule has 19 heavy (non-hydrogen) atoms. The number of carbonyl (C=O) groups is 3. The molecule has 1 saturated carbocycles. The van der Waals surface area contributed by atoms with Crippen molar-refractivity contribution < 1.29 is 19.5 Å². The highest BCUT2D eigenvalue weighted by Gasteiger charge is 2.30. The Bertz CT molecular complexity index is 362. The minimum absolute atomic E-state index is 0.0381. The molecule has 108 valence electrons. The van der Waals surface area contributed by atoms with Crippen molar-refractivity contribution in [1.29, 1.82) is 0 Å². The molecule has 0 radical (unpaired) electrons. The van der Waals surface area contributed by atoms with Crippen molar-refractivity contribution in [1.82, 2.24) is 10.6 Å². The number of hydrogen-bond acceptors (Lipinski definition) is 3. The van der Waals surface area contributed by atoms with Crippen LogP contribution in [0.1, 0.15) is 52.4 Å². The van der Waals surface area contributed by atoms with Crippen LogP contribution in [-0.2, 0) is 9.59 Å². The van der Waals surface area contributed by atoms with Gasteiger partial charge in [0.1, 0.15) is 0 Å². The quantitative estimate of drug-likeness (QED) is 0.707. The van der Waals surface area contributed by atoms with E-state index in [-0.39, 0.29) is 24.3 Å². The molecule has 1 aliphatic carbocycles. The van der Waals surface area contributed by atoms with Gasteiger partial charge in [0.15, 0.2) is 0 Å². The monoisotopic (exact) mass is 270 g/mol. The van der Waals surface area contributed by atoms with Gasteiger partial charge in [0.25, 0.3) is 0 Å². The van der Waals surface area contributed by atoms with Crippen LogP contribution in [0.3, 0.4) is 0 Å². The number of urea groups is 1. The molecule has 0 aromatic heterocycles. The van der Waals surface area contributed by atoms with Crippen LogP contribution in [0.15, 0.2) is 0 Å². The van der Waals surface area contributed by atoms with Crippen LogP contribution in [-0.4, -0.2) is 28.6 Å². The van der Waals surface area contributed by atoms with Gasteiger partial charge in [0.05, 0.1) is 0 Å². The van der Waals surface area contributed by atoms with E-state index < -0.39 is 17.9 Å². The molecule has 6 nitrogen and oxygen atoms in total. The number of carbonyl (C=O) groups excluding carboxylic acids is 2. The number of imide groups is 1. The van der Waals surface area contributed by atoms with Crippen molar-refractivity contribution in [2.45, 2.75) is 57.9 Å². The van der Waals surface area contributed by atoms with E-state index in [1.54, 1.807) is 6.92 Å². The van der Waals surface area contributed by atoms with Crippen molar-refractivity contribution in [2.75, 3.05) is 0 Å². The fraction of sp³-hybridized carbons (Fsp3) is 0.769. The van der Waals surface area contributed by atoms with E-state index in [0.29, 0.717) is 0 Å². The van der Waals surface area contributed by atoms with Gasteiger partial charge in [-0.2, -0.15) is 0 Å². The lowest BCUT2D eigenvalue weighted by molar-refractivity contribution is -0.138. The van der Waals surface area contributed by atoms with Crippen LogP contribution < -0.4 is 10.6 Å². The Morgan fingerprint density at radius 2 is 1.79 bits per heavy atom. The first kappa shape index (κ1) is 15.5. The third kappa shape index (κ3) is 5.72. The van der Waals surface area contributed by atoms with E-state index in [9.17, 15) is 14.4 Å². The second-order valence-corrected chi connectivity index (χ2v) is 5.68. The van der Waals surface area contributed by atoms with Gasteiger partial charge in [0.2, 0.25) is 5.91 Å². The molecule has 0 spiro atoms. The summed E-state index contributed by atoms with van der Waals surface area (Å²) in [5.41, 5.74) is -0.225. The first-order valence-electron chi connectivity index (χ1n) is 6.64. The summed E-state index contributed by atoms with van der Waals surface area (Å²) in [5, 5.41) is 13.7. The normalized spacial score (nSPS) is 18.6. The Kier molecular flexibility index (Phi) is 5.32. The predicted molar refractivity (Wildman–Crippen MR) is 69.6 cm³/mol. The van der Waals surface area contributed by atoms with Gasteiger partial charge in [-0.15, -0.1) is 0 Å². The number of hydrogen-bond donors (Lipinski definition) is 3. The number of rotatable bonds is 5. The van der Waals surface area contributed by atoms with E-state index in [0.717, 1.165) is 25.7 Å². The van der Waals surface area contributed by atoms with Gasteiger partial charge < -0.3 is 10.4 Å². The summed E-state index contributed by atoms with van der Waals surface area (Å²) in [7, 11) is 0. The first-order chi connectivity index (χ1) is 8.81. The van der Waals surface area contributed by atoms with Crippen LogP contribution in [0.25, 0.3) is 0 Å². The van der Waals surface area contributed by atoms with Gasteiger partial charge >= 0.3 is 12.0 Å². The lowest BCUT2D eigenvalue weighted by atomic mass is 10.0. The molecule has 1 aliphatic rings. The topological polar surface area (TPSA) is 95.5 Å². The molecule has 1 rings (SSSR count). The zero-order chi connectivity index (χ0) is 14.5. The van der Waals surface area contributed by atoms with Gasteiger partial charge in [0, 0.05) is 18.4 Å². The Morgan fingerprint density at radius 1 is 1.21 bits per heavy atom. The molecule has 0 aromatic rings. The maximum Gasteiger partial charge on any atom is 0.321 e. The SMILES string of the molecule is CC(CC(=O)O)CC(=O)NC(=O)NC1(C)CCCC1. The van der Waals surface area contributed by atoms with Gasteiger partial charge in [-0.1, -0.05) is 19.8 Å². The second-order valence-electron chi connectivity index (χ2n) is 5.68. The maximum atomic E-state index is 11.7. The Labute approximate surface area is 112 Å². The highest BCUT2D eigenvalue weighted by Crippen LogP contribution is 2.28. The van der Waals surface area contributed by atoms with Gasteiger partial charge in [-0.25, -0.2) is 4.79 Å². The molecule has 1 fully saturated rings. The summed E-state index contributed by atoms with van der Waals surface area (Å²) < 4.78 is 0. The average molecular weight is 270 g/mol. The van der Waals surface area contributed by atoms with Crippen LogP contribution in [0.5, 0.6) is 0 Å². The van der Waals surface area contributed by atoms with E-state index in [4.69, 9.17) is 5.11 Å². The van der Waals surface area contributed by atoms with E-state index in [2.05, 4.69) is 10.6 Å². The highest BCUT2D eigenvalue weighted by molar-refractivity contribution is 5.94. The molecule has 1 unspecified atom stereocenters. The molecule has 3 amide bonds. The van der Waals surface area contributed by atoms with Crippen LogP contribution in [0.4, 0.5) is 4.79 Å². The zero-order valence-electron chi connectivity index (χ0n) is 11.5. The number of nitrogens with one attached hydrogen (secondary N) is 2. The van der Waals surface area contributed by atoms with Crippen molar-refractivity contribution in [2.24, 2.45) is 5.92 Å². The van der Waals surface area contributed by atoms with Crippen molar-refractivity contribution in [3.63, 3.8) is 0 Å². The van der Waals surface area contributed by atoms with Gasteiger partial charge in [-0.3, -0.25) is 14.9 Å². The summed E-state index contributed by atoms with van der Waals surface area (Å²) in [4.78, 5) is 33.7. The minimum Gasteiger partial charge on any atom is -0.481 e. The molecule has 3 N–H and O–H groups in total. The number of carboxylic acid groups (broad SMARTS) is 1. The molecule has 1 atom stereocenters. The van der Waals surface area contributed by atoms with Crippen LogP contribution in [0, 0.1) is 5.92 Å². The third-order valence-corrected chi connectivity index (χ3v) is 3.43. The molecule has 0 saturated heterocycles. The highest BCUT2D eigenvalue weighted by atomic mass is 16.4. The first-order valence-corrected chi connectivity index (χ1v) is 6.64. The van der Waals surface area contributed by atoms with E-state index >= 15 is 0 Å². The largest absolute Gasteiger partial charge is 0.481 e. The Morgan fingerprint density at radius 3 is 2.32 bits per heavy atom. The molecule has 0 bridgehead atoms. The smallest absolute Gasteiger partial charge is 0.321 e. The van der Waals surface area contributed by atoms with Crippen molar-refractivity contribution in [3.8, 4) is 0 Å². The Balaban J connectivity index is 2.31. The third-order valence-electron chi connectivity index (χ3n) is 3.43. The number of amides is 3. The minimum atomic E-state index is -0.941. The fourth-order valence-electron chi connectivity index (χ4n) is 2.45. The summed E-state index contributed by atoms with van der Waals surface area (Å²) in [6, 6.07) is -0.489. The molecular weight excluding hydrogens is 248 g/mol. The molecular formula is C13H22N2O4. The predicted octanol–water partition coefficient (Wildman–Crippen LogP) is 1.65. The van der Waals surface area contributed by atoms with Crippen LogP contribution in [0.2, 0.25) is 0 Å². The fourth-order valence-corrected chi connectivity index (χ4v) is 2.45. The lowest BCUT2D eigenvalue weighted by Crippen LogP contribution is -2.50. The molecule has 0 heterocycles. The van der Waals surface area contributed by atoms with Crippen molar-refractivity contribution >= 4 is 17.9 Å². The number of aliphatic carboxylic acids is 1. The zero-order valence-corrected chi connectivity index (χ0v) is 11.5. The average Bonchev–Trinajstić information content (AvgIpc) is 2.61. The maximum absolute atomic E-state index is 11.7. The summed E-state index contributed by atoms with van der Waals surface area (Å²) in [6.45, 7) is 3.64. The molecule has 0 aromatic carbocycles. The van der Waals surface area contributed by atoms with Gasteiger partial charge in [-0.05, 0) is 25.7 Å². The summed E-state index contributed by atoms with van der Waals surface area (Å²) in [6.07, 6.45) is 3.97. The summed E-state index contributed by atoms with van der Waals surface area (Å²) >= 11 is 0. The molecule has 6 heteroatoms. The number of carboxylic acids is 1. The summed E-state index contributed by atoms with van der Waals surface area (Å²) in [5.74, 6) is -1.66. The molecule has 0 aliphatic heterocycles. The second kappa shape index (κ2) is 6.54. The van der Waals surface area contributed by atoms with Crippen LogP contribution >= 0.6 is 0 Å². The Hall–Kier alpha value is -1.59. The standard InChI is InChI=1S/C13H22N2O4/c1-9(8-11(17)18)7-10(16)14-12(19)15-13(2)5-3-4-6-13/h9H,3-8H2,1-2H3,(H,17,18)(H2,14,15,16,19). The lowest BCUT2D eigenvalue weighted by Gasteiger charge is -2.25. The van der Waals surface area contributed by atoms with E-state index in [1.807, 2.05) is 6.92 Å². The van der Waals surface area contributed by atoms with Crippen molar-refractivity contribution in [3.05, 3.63) is 0 Å². The van der Waals surface area contributed by atoms with E-state index in [1.165, 1.54) is 0 Å².